The van der Waals surface area contributed by atoms with Gasteiger partial charge in [-0.15, -0.1) is 0 Å². The fourth-order valence-electron chi connectivity index (χ4n) is 6.79. The van der Waals surface area contributed by atoms with E-state index in [1.165, 1.54) is 9.80 Å². The number of ether oxygens (including phenoxy) is 3. The van der Waals surface area contributed by atoms with Crippen LogP contribution in [0.2, 0.25) is 5.02 Å². The van der Waals surface area contributed by atoms with Gasteiger partial charge in [0.05, 0.1) is 19.8 Å². The maximum absolute atomic E-state index is 14.1. The van der Waals surface area contributed by atoms with E-state index >= 15 is 0 Å². The summed E-state index contributed by atoms with van der Waals surface area (Å²) < 4.78 is 16.6. The molecule has 0 unspecified atom stereocenters. The number of hydrogen-bond donors (Lipinski definition) is 3. The fourth-order valence-corrected chi connectivity index (χ4v) is 6.98. The Kier molecular flexibility index (Phi) is 9.42. The van der Waals surface area contributed by atoms with E-state index in [0.29, 0.717) is 44.0 Å². The Hall–Kier alpha value is -3.84. The second-order valence-electron chi connectivity index (χ2n) is 12.7. The number of nitrogens with zero attached hydrogens (tertiary/aromatic N) is 2. The first kappa shape index (κ1) is 32.1. The summed E-state index contributed by atoms with van der Waals surface area (Å²) in [6.07, 6.45) is 5.21. The van der Waals surface area contributed by atoms with Crippen molar-refractivity contribution in [3.8, 4) is 0 Å². The van der Waals surface area contributed by atoms with Crippen molar-refractivity contribution in [3.63, 3.8) is 0 Å². The van der Waals surface area contributed by atoms with E-state index in [1.54, 1.807) is 12.1 Å². The second-order valence-corrected chi connectivity index (χ2v) is 13.2. The number of allylic oxidation sites excluding steroid dienone is 1. The predicted molar refractivity (Wildman–Crippen MR) is 163 cm³/mol. The molecule has 0 aromatic heterocycles. The van der Waals surface area contributed by atoms with E-state index in [0.717, 1.165) is 30.4 Å². The van der Waals surface area contributed by atoms with Crippen LogP contribution in [0.4, 0.5) is 9.59 Å². The lowest BCUT2D eigenvalue weighted by molar-refractivity contribution is -0.145. The number of halogens is 1. The molecule has 4 amide bonds. The van der Waals surface area contributed by atoms with Crippen LogP contribution in [-0.4, -0.2) is 94.5 Å². The average molecular weight is 659 g/mol. The highest BCUT2D eigenvalue weighted by atomic mass is 35.5. The number of benzene rings is 1. The predicted octanol–water partition coefficient (Wildman–Crippen LogP) is 3.13. The smallest absolute Gasteiger partial charge is 0.410 e. The molecule has 3 fully saturated rings. The summed E-state index contributed by atoms with van der Waals surface area (Å²) in [4.78, 5) is 69.1. The Morgan fingerprint density at radius 3 is 2.67 bits per heavy atom. The van der Waals surface area contributed by atoms with Gasteiger partial charge in [0, 0.05) is 36.9 Å². The number of carbonyl (C=O) groups is 5. The highest BCUT2D eigenvalue weighted by Crippen LogP contribution is 2.45. The summed E-state index contributed by atoms with van der Waals surface area (Å²) in [5.41, 5.74) is 0.395. The molecule has 1 aromatic carbocycles. The van der Waals surface area contributed by atoms with E-state index in [9.17, 15) is 29.1 Å². The molecular formula is C32H39ClN4O9. The SMILES string of the molecule is O=C(N[C@H]1CCCCCC=C[C@@H]2C[C@@]2(C(=O)O)NC(=O)[C@@H]2C[C@@H](OC(=O)N3Cc4ccc(Cl)cc4C3)CN2C1=O)O[C@@H]1CCOC1. The van der Waals surface area contributed by atoms with Crippen molar-refractivity contribution < 1.29 is 43.3 Å². The first-order chi connectivity index (χ1) is 22.1. The summed E-state index contributed by atoms with van der Waals surface area (Å²) in [5.74, 6) is -2.68. The van der Waals surface area contributed by atoms with E-state index in [4.69, 9.17) is 25.8 Å². The monoisotopic (exact) mass is 658 g/mol. The van der Waals surface area contributed by atoms with Gasteiger partial charge in [0.25, 0.3) is 0 Å². The van der Waals surface area contributed by atoms with Gasteiger partial charge in [-0.3, -0.25) is 14.5 Å². The van der Waals surface area contributed by atoms with Crippen LogP contribution < -0.4 is 10.6 Å². The Bertz CT molecular complexity index is 1420. The number of carbonyl (C=O) groups excluding carboxylic acids is 4. The van der Waals surface area contributed by atoms with E-state index in [-0.39, 0.29) is 31.9 Å². The summed E-state index contributed by atoms with van der Waals surface area (Å²) in [5, 5.41) is 16.0. The third-order valence-electron chi connectivity index (χ3n) is 9.49. The highest BCUT2D eigenvalue weighted by Gasteiger charge is 2.61. The maximum Gasteiger partial charge on any atom is 0.410 e. The zero-order valence-corrected chi connectivity index (χ0v) is 26.2. The van der Waals surface area contributed by atoms with Crippen molar-refractivity contribution in [1.82, 2.24) is 20.4 Å². The molecule has 248 valence electrons. The molecule has 0 bridgehead atoms. The van der Waals surface area contributed by atoms with Crippen molar-refractivity contribution >= 4 is 41.6 Å². The quantitative estimate of drug-likeness (QED) is 0.413. The number of alkyl carbamates (subject to hydrolysis) is 1. The van der Waals surface area contributed by atoms with Crippen molar-refractivity contribution in [2.75, 3.05) is 19.8 Å². The third-order valence-corrected chi connectivity index (χ3v) is 9.73. The highest BCUT2D eigenvalue weighted by molar-refractivity contribution is 6.30. The largest absolute Gasteiger partial charge is 0.479 e. The molecule has 13 nitrogen and oxygen atoms in total. The molecule has 5 aliphatic rings. The summed E-state index contributed by atoms with van der Waals surface area (Å²) in [6.45, 7) is 1.31. The van der Waals surface area contributed by atoms with Gasteiger partial charge in [-0.2, -0.15) is 0 Å². The van der Waals surface area contributed by atoms with Crippen LogP contribution in [0.25, 0.3) is 0 Å². The van der Waals surface area contributed by atoms with Crippen molar-refractivity contribution in [1.29, 1.82) is 0 Å². The number of carboxylic acid groups (broad SMARTS) is 1. The lowest BCUT2D eigenvalue weighted by atomic mass is 10.0. The number of amides is 4. The second kappa shape index (κ2) is 13.5. The minimum absolute atomic E-state index is 0.0251. The van der Waals surface area contributed by atoms with Gasteiger partial charge in [-0.1, -0.05) is 42.7 Å². The molecule has 0 spiro atoms. The van der Waals surface area contributed by atoms with Gasteiger partial charge >= 0.3 is 18.2 Å². The van der Waals surface area contributed by atoms with E-state index in [2.05, 4.69) is 10.6 Å². The zero-order chi connectivity index (χ0) is 32.4. The zero-order valence-electron chi connectivity index (χ0n) is 25.5. The van der Waals surface area contributed by atoms with Gasteiger partial charge in [-0.25, -0.2) is 14.4 Å². The number of fused-ring (bicyclic) bond motifs is 3. The number of carboxylic acids is 1. The van der Waals surface area contributed by atoms with Crippen LogP contribution in [0.3, 0.4) is 0 Å². The lowest BCUT2D eigenvalue weighted by Gasteiger charge is -2.29. The first-order valence-electron chi connectivity index (χ1n) is 15.9. The normalized spacial score (nSPS) is 31.1. The molecule has 1 aromatic rings. The third kappa shape index (κ3) is 6.95. The first-order valence-corrected chi connectivity index (χ1v) is 16.3. The maximum atomic E-state index is 14.1. The molecule has 46 heavy (non-hydrogen) atoms. The van der Waals surface area contributed by atoms with Crippen molar-refractivity contribution in [3.05, 3.63) is 46.5 Å². The van der Waals surface area contributed by atoms with Crippen LogP contribution in [0.1, 0.15) is 62.5 Å². The summed E-state index contributed by atoms with van der Waals surface area (Å²) >= 11 is 6.12. The average Bonchev–Trinajstić information content (AvgIpc) is 3.43. The molecule has 0 radical (unpaired) electrons. The van der Waals surface area contributed by atoms with Crippen LogP contribution >= 0.6 is 11.6 Å². The van der Waals surface area contributed by atoms with Gasteiger partial charge < -0.3 is 34.9 Å². The lowest BCUT2D eigenvalue weighted by Crippen LogP contribution is -2.56. The van der Waals surface area contributed by atoms with Gasteiger partial charge in [0.15, 0.2) is 0 Å². The molecule has 1 saturated carbocycles. The van der Waals surface area contributed by atoms with Crippen molar-refractivity contribution in [2.45, 2.75) is 94.3 Å². The van der Waals surface area contributed by atoms with Crippen LogP contribution in [0.5, 0.6) is 0 Å². The molecule has 6 atom stereocenters. The minimum atomic E-state index is -1.47. The molecule has 14 heteroatoms. The van der Waals surface area contributed by atoms with Crippen LogP contribution in [0.15, 0.2) is 30.4 Å². The number of hydrogen-bond acceptors (Lipinski definition) is 8. The fraction of sp³-hybridized carbons (Fsp3) is 0.594. The Balaban J connectivity index is 1.20. The summed E-state index contributed by atoms with van der Waals surface area (Å²) in [7, 11) is 0. The standard InChI is InChI=1S/C32H39ClN4O9/c33-22-9-8-19-15-36(16-20(19)12-22)31(43)46-24-13-26-27(38)35-32(29(40)41)14-21(32)6-4-2-1-3-5-7-25(28(39)37(26)17-24)34-30(42)45-23-10-11-44-18-23/h4,6,8-9,12,21,23-26H,1-3,5,7,10-11,13-18H2,(H,34,42)(H,35,38)(H,40,41)/t21-,23-,24-,25+,26+,32-/m1/s1. The minimum Gasteiger partial charge on any atom is -0.479 e. The van der Waals surface area contributed by atoms with Crippen LogP contribution in [0, 0.1) is 5.92 Å². The van der Waals surface area contributed by atoms with Crippen molar-refractivity contribution in [2.24, 2.45) is 5.92 Å². The Labute approximate surface area is 271 Å². The molecule has 4 heterocycles. The van der Waals surface area contributed by atoms with E-state index in [1.807, 2.05) is 18.2 Å². The molecule has 4 aliphatic heterocycles. The van der Waals surface area contributed by atoms with Gasteiger partial charge in [0.2, 0.25) is 11.8 Å². The molecule has 3 N–H and O–H groups in total. The number of nitrogens with one attached hydrogen (secondary N) is 2. The Morgan fingerprint density at radius 2 is 1.89 bits per heavy atom. The molecular weight excluding hydrogens is 620 g/mol. The molecule has 1 aliphatic carbocycles. The van der Waals surface area contributed by atoms with E-state index < -0.39 is 59.8 Å². The topological polar surface area (TPSA) is 164 Å². The Morgan fingerprint density at radius 1 is 1.07 bits per heavy atom. The number of rotatable bonds is 4. The summed E-state index contributed by atoms with van der Waals surface area (Å²) in [6, 6.07) is 3.30. The number of aliphatic carboxylic acids is 1. The molecule has 6 rings (SSSR count). The van der Waals surface area contributed by atoms with Gasteiger partial charge in [-0.05, 0) is 48.9 Å². The van der Waals surface area contributed by atoms with Crippen LogP contribution in [-0.2, 0) is 41.7 Å². The molecule has 2 saturated heterocycles. The van der Waals surface area contributed by atoms with Gasteiger partial charge in [0.1, 0.15) is 29.8 Å².